The SMILES string of the molecule is CSCCC(NC(=O)C(CS)NC(=O)C(CC(=O)O)NC(=O)C(N)CS)C(=O)O. The molecule has 0 saturated carbocycles. The molecule has 11 nitrogen and oxygen atoms in total. The number of rotatable bonds is 14. The predicted octanol–water partition coefficient (Wildman–Crippen LogP) is -2.06. The molecule has 0 bridgehead atoms. The minimum absolute atomic E-state index is 0.0263. The van der Waals surface area contributed by atoms with Crippen molar-refractivity contribution in [2.24, 2.45) is 5.73 Å². The molecule has 0 rings (SSSR count). The predicted molar refractivity (Wildman–Crippen MR) is 114 cm³/mol. The molecule has 0 fully saturated rings. The van der Waals surface area contributed by atoms with Crippen molar-refractivity contribution in [3.05, 3.63) is 0 Å². The summed E-state index contributed by atoms with van der Waals surface area (Å²) in [7, 11) is 0. The molecule has 0 aromatic rings. The molecule has 4 unspecified atom stereocenters. The summed E-state index contributed by atoms with van der Waals surface area (Å²) in [6, 6.07) is -4.95. The number of carbonyl (C=O) groups is 5. The van der Waals surface area contributed by atoms with Gasteiger partial charge in [0.25, 0.3) is 0 Å². The number of aliphatic carboxylic acids is 2. The third-order valence-corrected chi connectivity index (χ3v) is 4.99. The molecule has 4 atom stereocenters. The molecule has 0 heterocycles. The largest absolute Gasteiger partial charge is 0.481 e. The topological polar surface area (TPSA) is 188 Å². The summed E-state index contributed by atoms with van der Waals surface area (Å²) < 4.78 is 0. The second kappa shape index (κ2) is 14.4. The van der Waals surface area contributed by atoms with Gasteiger partial charge >= 0.3 is 11.9 Å². The lowest BCUT2D eigenvalue weighted by molar-refractivity contribution is -0.143. The van der Waals surface area contributed by atoms with Crippen LogP contribution in [0.3, 0.4) is 0 Å². The number of amides is 3. The van der Waals surface area contributed by atoms with Crippen molar-refractivity contribution < 1.29 is 34.2 Å². The highest BCUT2D eigenvalue weighted by Gasteiger charge is 2.30. The molecule has 0 aliphatic carbocycles. The van der Waals surface area contributed by atoms with E-state index in [2.05, 4.69) is 41.2 Å². The van der Waals surface area contributed by atoms with E-state index in [4.69, 9.17) is 10.8 Å². The third-order valence-electron chi connectivity index (χ3n) is 3.59. The maximum atomic E-state index is 12.4. The Balaban J connectivity index is 5.16. The Labute approximate surface area is 183 Å². The number of hydrogen-bond acceptors (Lipinski definition) is 9. The molecule has 3 amide bonds. The number of thiol groups is 2. The standard InChI is InChI=1S/C15H26N4O7S3/c1-29-3-2-8(15(25)26)17-14(24)10(6-28)19-13(23)9(4-11(20)21)18-12(22)7(16)5-27/h7-10,27-28H,2-6,16H2,1H3,(H,17,24)(H,18,22)(H,19,23)(H,20,21)(H,25,26). The molecule has 0 aliphatic rings. The first kappa shape index (κ1) is 27.4. The van der Waals surface area contributed by atoms with E-state index in [0.29, 0.717) is 5.75 Å². The van der Waals surface area contributed by atoms with Gasteiger partial charge in [-0.1, -0.05) is 0 Å². The molecule has 14 heteroatoms. The van der Waals surface area contributed by atoms with E-state index in [1.165, 1.54) is 11.8 Å². The highest BCUT2D eigenvalue weighted by Crippen LogP contribution is 2.03. The van der Waals surface area contributed by atoms with E-state index in [-0.39, 0.29) is 17.9 Å². The summed E-state index contributed by atoms with van der Waals surface area (Å²) in [5.41, 5.74) is 5.49. The molecular formula is C15H26N4O7S3. The lowest BCUT2D eigenvalue weighted by Crippen LogP contribution is -2.58. The van der Waals surface area contributed by atoms with Gasteiger partial charge in [-0.2, -0.15) is 37.0 Å². The second-order valence-corrected chi connectivity index (χ2v) is 7.59. The summed E-state index contributed by atoms with van der Waals surface area (Å²) in [5, 5.41) is 24.9. The van der Waals surface area contributed by atoms with Crippen molar-refractivity contribution in [1.29, 1.82) is 0 Å². The van der Waals surface area contributed by atoms with E-state index in [1.807, 2.05) is 0 Å². The normalized spacial score (nSPS) is 14.8. The fraction of sp³-hybridized carbons (Fsp3) is 0.667. The van der Waals surface area contributed by atoms with E-state index in [1.54, 1.807) is 6.26 Å². The van der Waals surface area contributed by atoms with Crippen LogP contribution in [0.25, 0.3) is 0 Å². The van der Waals surface area contributed by atoms with Crippen molar-refractivity contribution in [2.75, 3.05) is 23.5 Å². The number of thioether (sulfide) groups is 1. The zero-order valence-corrected chi connectivity index (χ0v) is 18.3. The molecule has 0 spiro atoms. The van der Waals surface area contributed by atoms with Gasteiger partial charge in [0, 0.05) is 11.5 Å². The molecule has 0 radical (unpaired) electrons. The minimum atomic E-state index is -1.49. The third kappa shape index (κ3) is 10.6. The molecule has 7 N–H and O–H groups in total. The number of carboxylic acids is 2. The van der Waals surface area contributed by atoms with Gasteiger partial charge < -0.3 is 31.9 Å². The fourth-order valence-corrected chi connectivity index (χ4v) is 2.87. The van der Waals surface area contributed by atoms with Gasteiger partial charge in [0.2, 0.25) is 17.7 Å². The van der Waals surface area contributed by atoms with Crippen molar-refractivity contribution in [1.82, 2.24) is 16.0 Å². The van der Waals surface area contributed by atoms with Crippen LogP contribution in [0.15, 0.2) is 0 Å². The molecule has 0 aliphatic heterocycles. The van der Waals surface area contributed by atoms with Gasteiger partial charge in [0.1, 0.15) is 18.1 Å². The Morgan fingerprint density at radius 3 is 1.86 bits per heavy atom. The zero-order valence-electron chi connectivity index (χ0n) is 15.7. The minimum Gasteiger partial charge on any atom is -0.481 e. The van der Waals surface area contributed by atoms with E-state index in [0.717, 1.165) is 0 Å². The van der Waals surface area contributed by atoms with Crippen molar-refractivity contribution in [3.8, 4) is 0 Å². The average molecular weight is 471 g/mol. The molecule has 0 aromatic carbocycles. The van der Waals surface area contributed by atoms with Crippen LogP contribution in [0.4, 0.5) is 0 Å². The number of nitrogens with two attached hydrogens (primary N) is 1. The highest BCUT2D eigenvalue weighted by molar-refractivity contribution is 7.98. The zero-order chi connectivity index (χ0) is 22.6. The van der Waals surface area contributed by atoms with Crippen LogP contribution in [0.1, 0.15) is 12.8 Å². The molecule has 29 heavy (non-hydrogen) atoms. The van der Waals surface area contributed by atoms with Crippen LogP contribution in [0.5, 0.6) is 0 Å². The lowest BCUT2D eigenvalue weighted by atomic mass is 10.1. The second-order valence-electron chi connectivity index (χ2n) is 5.87. The van der Waals surface area contributed by atoms with Gasteiger partial charge in [-0.3, -0.25) is 19.2 Å². The van der Waals surface area contributed by atoms with Gasteiger partial charge in [0.05, 0.1) is 12.5 Å². The Hall–Kier alpha value is -1.64. The van der Waals surface area contributed by atoms with Gasteiger partial charge in [0.15, 0.2) is 0 Å². The fourth-order valence-electron chi connectivity index (χ4n) is 1.98. The van der Waals surface area contributed by atoms with Gasteiger partial charge in [-0.25, -0.2) is 4.79 Å². The van der Waals surface area contributed by atoms with Gasteiger partial charge in [-0.05, 0) is 18.4 Å². The monoisotopic (exact) mass is 470 g/mol. The van der Waals surface area contributed by atoms with Crippen molar-refractivity contribution in [3.63, 3.8) is 0 Å². The van der Waals surface area contributed by atoms with Crippen molar-refractivity contribution >= 4 is 66.7 Å². The molecule has 0 aromatic heterocycles. The Bertz CT molecular complexity index is 608. The van der Waals surface area contributed by atoms with E-state index < -0.39 is 60.2 Å². The number of carbonyl (C=O) groups excluding carboxylic acids is 3. The quantitative estimate of drug-likeness (QED) is 0.132. The first-order valence-corrected chi connectivity index (χ1v) is 11.0. The van der Waals surface area contributed by atoms with Crippen LogP contribution in [-0.2, 0) is 24.0 Å². The summed E-state index contributed by atoms with van der Waals surface area (Å²) >= 11 is 9.23. The van der Waals surface area contributed by atoms with E-state index >= 15 is 0 Å². The van der Waals surface area contributed by atoms with Crippen molar-refractivity contribution in [2.45, 2.75) is 37.0 Å². The first-order valence-electron chi connectivity index (χ1n) is 8.39. The van der Waals surface area contributed by atoms with Crippen LogP contribution in [-0.4, -0.2) is 87.6 Å². The number of carboxylic acid groups (broad SMARTS) is 2. The summed E-state index contributed by atoms with van der Waals surface area (Å²) in [6.07, 6.45) is 1.21. The maximum Gasteiger partial charge on any atom is 0.326 e. The summed E-state index contributed by atoms with van der Waals surface area (Å²) in [5.74, 6) is -4.83. The average Bonchev–Trinajstić information content (AvgIpc) is 2.66. The smallest absolute Gasteiger partial charge is 0.326 e. The number of hydrogen-bond donors (Lipinski definition) is 8. The molecule has 166 valence electrons. The lowest BCUT2D eigenvalue weighted by Gasteiger charge is -2.23. The summed E-state index contributed by atoms with van der Waals surface area (Å²) in [4.78, 5) is 58.9. The first-order chi connectivity index (χ1) is 13.6. The Morgan fingerprint density at radius 1 is 0.897 bits per heavy atom. The summed E-state index contributed by atoms with van der Waals surface area (Å²) in [6.45, 7) is 0. The van der Waals surface area contributed by atoms with E-state index in [9.17, 15) is 29.1 Å². The maximum absolute atomic E-state index is 12.4. The Kier molecular flexibility index (Phi) is 13.5. The molecular weight excluding hydrogens is 444 g/mol. The van der Waals surface area contributed by atoms with Crippen LogP contribution >= 0.6 is 37.0 Å². The van der Waals surface area contributed by atoms with Gasteiger partial charge in [-0.15, -0.1) is 0 Å². The van der Waals surface area contributed by atoms with Crippen LogP contribution in [0, 0.1) is 0 Å². The van der Waals surface area contributed by atoms with Crippen LogP contribution in [0.2, 0.25) is 0 Å². The molecule has 0 saturated heterocycles. The number of nitrogens with one attached hydrogen (secondary N) is 3. The Morgan fingerprint density at radius 2 is 1.41 bits per heavy atom. The van der Waals surface area contributed by atoms with Crippen LogP contribution < -0.4 is 21.7 Å². The highest BCUT2D eigenvalue weighted by atomic mass is 32.2.